The molecule has 3 rings (SSSR count). The number of aliphatic hydroxyl groups is 2. The summed E-state index contributed by atoms with van der Waals surface area (Å²) < 4.78 is 0. The molecule has 2 aliphatic rings. The molecule has 2 saturated carbocycles. The predicted octanol–water partition coefficient (Wildman–Crippen LogP) is 2.54. The molecule has 152 valence electrons. The maximum absolute atomic E-state index is 10.1. The summed E-state index contributed by atoms with van der Waals surface area (Å²) in [5, 5.41) is 20.2. The van der Waals surface area contributed by atoms with Crippen molar-refractivity contribution in [2.75, 3.05) is 32.1 Å². The maximum atomic E-state index is 10.1. The highest BCUT2D eigenvalue weighted by Crippen LogP contribution is 2.30. The number of hydrogen-bond acceptors (Lipinski definition) is 6. The zero-order valence-corrected chi connectivity index (χ0v) is 17.3. The van der Waals surface area contributed by atoms with Crippen molar-refractivity contribution < 1.29 is 10.2 Å². The third-order valence-electron chi connectivity index (χ3n) is 6.55. The van der Waals surface area contributed by atoms with E-state index in [0.717, 1.165) is 69.0 Å². The minimum absolute atomic E-state index is 0.0990. The van der Waals surface area contributed by atoms with E-state index >= 15 is 0 Å². The van der Waals surface area contributed by atoms with E-state index in [1.54, 1.807) is 0 Å². The zero-order valence-electron chi connectivity index (χ0n) is 17.3. The number of nitrogens with zero attached hydrogens (tertiary/aromatic N) is 4. The summed E-state index contributed by atoms with van der Waals surface area (Å²) in [6.07, 6.45) is 5.92. The van der Waals surface area contributed by atoms with E-state index < -0.39 is 0 Å². The van der Waals surface area contributed by atoms with E-state index in [2.05, 4.69) is 35.8 Å². The van der Waals surface area contributed by atoms with Gasteiger partial charge in [0.1, 0.15) is 11.6 Å². The zero-order chi connectivity index (χ0) is 19.6. The summed E-state index contributed by atoms with van der Waals surface area (Å²) in [6.45, 7) is 5.86. The highest BCUT2D eigenvalue weighted by molar-refractivity contribution is 5.39. The molecular weight excluding hydrogens is 340 g/mol. The Morgan fingerprint density at radius 1 is 1.00 bits per heavy atom. The highest BCUT2D eigenvalue weighted by atomic mass is 16.3. The fourth-order valence-electron chi connectivity index (χ4n) is 4.59. The average molecular weight is 377 g/mol. The van der Waals surface area contributed by atoms with Gasteiger partial charge in [0.25, 0.3) is 0 Å². The number of aliphatic hydroxyl groups excluding tert-OH is 2. The Morgan fingerprint density at radius 2 is 1.59 bits per heavy atom. The largest absolute Gasteiger partial charge is 0.393 e. The molecule has 1 heterocycles. The van der Waals surface area contributed by atoms with Crippen LogP contribution in [0.4, 0.5) is 5.82 Å². The molecule has 27 heavy (non-hydrogen) atoms. The molecule has 0 amide bonds. The molecule has 2 aliphatic carbocycles. The number of aryl methyl sites for hydroxylation is 1. The minimum atomic E-state index is -0.183. The second-order valence-corrected chi connectivity index (χ2v) is 8.74. The number of anilines is 1. The molecule has 2 N–H and O–H groups in total. The fraction of sp³-hybridized carbons (Fsp3) is 0.810. The lowest BCUT2D eigenvalue weighted by Gasteiger charge is -2.29. The monoisotopic (exact) mass is 376 g/mol. The van der Waals surface area contributed by atoms with Gasteiger partial charge in [-0.05, 0) is 52.5 Å². The van der Waals surface area contributed by atoms with Gasteiger partial charge in [-0.15, -0.1) is 0 Å². The van der Waals surface area contributed by atoms with Crippen molar-refractivity contribution in [3.05, 3.63) is 17.6 Å². The molecule has 6 heteroatoms. The first-order valence-electron chi connectivity index (χ1n) is 10.5. The van der Waals surface area contributed by atoms with Gasteiger partial charge in [0.05, 0.1) is 18.2 Å². The molecule has 0 radical (unpaired) electrons. The topological polar surface area (TPSA) is 72.7 Å². The second-order valence-electron chi connectivity index (χ2n) is 8.74. The van der Waals surface area contributed by atoms with Crippen LogP contribution in [0.2, 0.25) is 0 Å². The van der Waals surface area contributed by atoms with Gasteiger partial charge in [-0.3, -0.25) is 4.90 Å². The lowest BCUT2D eigenvalue weighted by molar-refractivity contribution is 0.0977. The molecule has 0 unspecified atom stereocenters. The third kappa shape index (κ3) is 4.98. The second kappa shape index (κ2) is 8.84. The lowest BCUT2D eigenvalue weighted by atomic mass is 10.0. The van der Waals surface area contributed by atoms with Crippen LogP contribution < -0.4 is 4.90 Å². The van der Waals surface area contributed by atoms with Crippen LogP contribution in [0.3, 0.4) is 0 Å². The van der Waals surface area contributed by atoms with E-state index in [1.165, 1.54) is 0 Å². The quantitative estimate of drug-likeness (QED) is 0.762. The lowest BCUT2D eigenvalue weighted by Crippen LogP contribution is -2.33. The van der Waals surface area contributed by atoms with Crippen molar-refractivity contribution in [2.45, 2.75) is 70.6 Å². The SMILES string of the molecule is Cc1cc(N(C)C[C@@H]2CCC[C@@H]2O)nc([C@H](C)N(C)C[C@H]2CCC[C@@H]2O)n1. The van der Waals surface area contributed by atoms with Gasteiger partial charge >= 0.3 is 0 Å². The van der Waals surface area contributed by atoms with E-state index in [1.807, 2.05) is 13.0 Å². The highest BCUT2D eigenvalue weighted by Gasteiger charge is 2.29. The summed E-state index contributed by atoms with van der Waals surface area (Å²) in [7, 11) is 4.15. The van der Waals surface area contributed by atoms with Gasteiger partial charge < -0.3 is 15.1 Å². The van der Waals surface area contributed by atoms with Crippen LogP contribution in [0.25, 0.3) is 0 Å². The molecule has 5 atom stereocenters. The van der Waals surface area contributed by atoms with Gasteiger partial charge in [-0.1, -0.05) is 12.8 Å². The summed E-state index contributed by atoms with van der Waals surface area (Å²) >= 11 is 0. The molecule has 0 bridgehead atoms. The summed E-state index contributed by atoms with van der Waals surface area (Å²) in [4.78, 5) is 14.0. The number of rotatable bonds is 7. The minimum Gasteiger partial charge on any atom is -0.393 e. The van der Waals surface area contributed by atoms with Crippen molar-refractivity contribution in [3.8, 4) is 0 Å². The van der Waals surface area contributed by atoms with Gasteiger partial charge in [0.2, 0.25) is 0 Å². The van der Waals surface area contributed by atoms with Crippen molar-refractivity contribution in [1.29, 1.82) is 0 Å². The maximum Gasteiger partial charge on any atom is 0.147 e. The summed E-state index contributed by atoms with van der Waals surface area (Å²) in [5.74, 6) is 2.45. The Labute approximate surface area is 163 Å². The van der Waals surface area contributed by atoms with Gasteiger partial charge in [-0.25, -0.2) is 9.97 Å². The van der Waals surface area contributed by atoms with E-state index in [4.69, 9.17) is 4.98 Å². The molecule has 1 aromatic heterocycles. The summed E-state index contributed by atoms with van der Waals surface area (Å²) in [6, 6.07) is 2.13. The molecule has 1 aromatic rings. The van der Waals surface area contributed by atoms with Crippen LogP contribution in [-0.2, 0) is 0 Å². The first kappa shape index (κ1) is 20.5. The predicted molar refractivity (Wildman–Crippen MR) is 108 cm³/mol. The average Bonchev–Trinajstić information content (AvgIpc) is 3.22. The molecule has 2 fully saturated rings. The Hall–Kier alpha value is -1.24. The standard InChI is InChI=1S/C21H36N4O2/c1-14-11-20(25(4)13-17-8-6-10-19(17)27)23-21(22-14)15(2)24(3)12-16-7-5-9-18(16)26/h11,15-19,26-27H,5-10,12-13H2,1-4H3/t15-,16+,17-,18-,19-/m0/s1. The molecule has 0 aliphatic heterocycles. The van der Waals surface area contributed by atoms with Gasteiger partial charge in [0.15, 0.2) is 0 Å². The van der Waals surface area contributed by atoms with Crippen molar-refractivity contribution in [2.24, 2.45) is 11.8 Å². The first-order valence-corrected chi connectivity index (χ1v) is 10.5. The summed E-state index contributed by atoms with van der Waals surface area (Å²) in [5.41, 5.74) is 0.968. The van der Waals surface area contributed by atoms with Crippen LogP contribution in [0.15, 0.2) is 6.07 Å². The van der Waals surface area contributed by atoms with Crippen molar-refractivity contribution >= 4 is 5.82 Å². The van der Waals surface area contributed by atoms with Gasteiger partial charge in [-0.2, -0.15) is 0 Å². The molecular formula is C21H36N4O2. The van der Waals surface area contributed by atoms with E-state index in [-0.39, 0.29) is 18.2 Å². The Kier molecular flexibility index (Phi) is 6.71. The Bertz CT molecular complexity index is 626. The van der Waals surface area contributed by atoms with Crippen LogP contribution in [0.5, 0.6) is 0 Å². The van der Waals surface area contributed by atoms with Crippen LogP contribution in [0.1, 0.15) is 63.0 Å². The van der Waals surface area contributed by atoms with Crippen molar-refractivity contribution in [1.82, 2.24) is 14.9 Å². The van der Waals surface area contributed by atoms with Crippen molar-refractivity contribution in [3.63, 3.8) is 0 Å². The Morgan fingerprint density at radius 3 is 2.15 bits per heavy atom. The number of aromatic nitrogens is 2. The van der Waals surface area contributed by atoms with E-state index in [9.17, 15) is 10.2 Å². The molecule has 0 saturated heterocycles. The van der Waals surface area contributed by atoms with Crippen LogP contribution >= 0.6 is 0 Å². The fourth-order valence-corrected chi connectivity index (χ4v) is 4.59. The number of hydrogen-bond donors (Lipinski definition) is 2. The normalized spacial score (nSPS) is 29.4. The first-order chi connectivity index (χ1) is 12.8. The molecule has 6 nitrogen and oxygen atoms in total. The Balaban J connectivity index is 1.68. The van der Waals surface area contributed by atoms with Gasteiger partial charge in [0, 0.05) is 37.8 Å². The van der Waals surface area contributed by atoms with Crippen LogP contribution in [0, 0.1) is 18.8 Å². The van der Waals surface area contributed by atoms with E-state index in [0.29, 0.717) is 11.8 Å². The smallest absolute Gasteiger partial charge is 0.147 e. The third-order valence-corrected chi connectivity index (χ3v) is 6.55. The molecule has 0 spiro atoms. The molecule has 0 aromatic carbocycles. The van der Waals surface area contributed by atoms with Crippen LogP contribution in [-0.4, -0.2) is 64.5 Å².